The average Bonchev–Trinajstić information content (AvgIpc) is 2.67. The molecule has 7 nitrogen and oxygen atoms in total. The predicted octanol–water partition coefficient (Wildman–Crippen LogP) is 1.42. The van der Waals surface area contributed by atoms with Gasteiger partial charge in [0.25, 0.3) is 5.91 Å². The fraction of sp³-hybridized carbons (Fsp3) is 0.333. The van der Waals surface area contributed by atoms with Crippen LogP contribution in [0.5, 0.6) is 0 Å². The maximum absolute atomic E-state index is 12.7. The molecule has 1 atom stereocenters. The van der Waals surface area contributed by atoms with Gasteiger partial charge in [-0.2, -0.15) is 4.31 Å². The summed E-state index contributed by atoms with van der Waals surface area (Å²) in [4.78, 5) is 16.4. The van der Waals surface area contributed by atoms with E-state index < -0.39 is 10.0 Å². The van der Waals surface area contributed by atoms with Gasteiger partial charge >= 0.3 is 0 Å². The van der Waals surface area contributed by atoms with Crippen LogP contribution in [-0.2, 0) is 21.3 Å². The van der Waals surface area contributed by atoms with E-state index in [1.807, 2.05) is 13.0 Å². The molecular formula is C18H21N3O4S. The van der Waals surface area contributed by atoms with Crippen LogP contribution in [0.15, 0.2) is 53.7 Å². The Morgan fingerprint density at radius 3 is 2.73 bits per heavy atom. The Balaban J connectivity index is 1.66. The van der Waals surface area contributed by atoms with Gasteiger partial charge < -0.3 is 10.1 Å². The lowest BCUT2D eigenvalue weighted by atomic mass is 10.2. The van der Waals surface area contributed by atoms with E-state index in [2.05, 4.69) is 10.3 Å². The second-order valence-electron chi connectivity index (χ2n) is 6.11. The van der Waals surface area contributed by atoms with Gasteiger partial charge in [-0.1, -0.05) is 6.07 Å². The van der Waals surface area contributed by atoms with Crippen molar-refractivity contribution in [2.24, 2.45) is 0 Å². The lowest BCUT2D eigenvalue weighted by Gasteiger charge is -2.30. The summed E-state index contributed by atoms with van der Waals surface area (Å²) >= 11 is 0. The maximum atomic E-state index is 12.7. The Morgan fingerprint density at radius 2 is 2.08 bits per heavy atom. The van der Waals surface area contributed by atoms with E-state index in [1.165, 1.54) is 28.6 Å². The molecule has 1 amide bonds. The summed E-state index contributed by atoms with van der Waals surface area (Å²) in [6, 6.07) is 9.65. The lowest BCUT2D eigenvalue weighted by molar-refractivity contribution is 0.0102. The number of amides is 1. The minimum atomic E-state index is -3.58. The Labute approximate surface area is 153 Å². The molecule has 8 heteroatoms. The zero-order valence-corrected chi connectivity index (χ0v) is 15.3. The van der Waals surface area contributed by atoms with Crippen molar-refractivity contribution in [3.63, 3.8) is 0 Å². The molecule has 1 fully saturated rings. The van der Waals surface area contributed by atoms with Gasteiger partial charge in [-0.3, -0.25) is 9.78 Å². The second-order valence-corrected chi connectivity index (χ2v) is 8.05. The molecule has 0 bridgehead atoms. The Bertz CT molecular complexity index is 854. The smallest absolute Gasteiger partial charge is 0.251 e. The number of hydrogen-bond acceptors (Lipinski definition) is 5. The van der Waals surface area contributed by atoms with Crippen LogP contribution in [-0.4, -0.2) is 49.4 Å². The van der Waals surface area contributed by atoms with E-state index in [0.717, 1.165) is 5.56 Å². The number of carbonyl (C=O) groups excluding carboxylic acids is 1. The number of hydrogen-bond donors (Lipinski definition) is 1. The van der Waals surface area contributed by atoms with Crippen LogP contribution in [0, 0.1) is 0 Å². The highest BCUT2D eigenvalue weighted by Crippen LogP contribution is 2.19. The van der Waals surface area contributed by atoms with Crippen molar-refractivity contribution < 1.29 is 17.9 Å². The first-order valence-electron chi connectivity index (χ1n) is 8.36. The van der Waals surface area contributed by atoms with Gasteiger partial charge in [-0.15, -0.1) is 0 Å². The van der Waals surface area contributed by atoms with Crippen molar-refractivity contribution in [1.29, 1.82) is 0 Å². The van der Waals surface area contributed by atoms with Gasteiger partial charge in [0.05, 0.1) is 17.6 Å². The molecule has 0 aliphatic carbocycles. The van der Waals surface area contributed by atoms with E-state index in [-0.39, 0.29) is 16.9 Å². The highest BCUT2D eigenvalue weighted by molar-refractivity contribution is 7.89. The molecule has 1 saturated heterocycles. The van der Waals surface area contributed by atoms with Gasteiger partial charge in [0.2, 0.25) is 10.0 Å². The van der Waals surface area contributed by atoms with E-state index in [0.29, 0.717) is 31.8 Å². The zero-order valence-electron chi connectivity index (χ0n) is 14.5. The Kier molecular flexibility index (Phi) is 5.65. The number of nitrogens with zero attached hydrogens (tertiary/aromatic N) is 2. The van der Waals surface area contributed by atoms with E-state index in [9.17, 15) is 13.2 Å². The molecule has 3 rings (SSSR count). The molecular weight excluding hydrogens is 354 g/mol. The lowest BCUT2D eigenvalue weighted by Crippen LogP contribution is -2.44. The standard InChI is InChI=1S/C18H21N3O4S/c1-14-13-21(9-10-25-14)26(23,24)17-6-4-16(5-7-17)18(22)20-12-15-3-2-8-19-11-15/h2-8,11,14H,9-10,12-13H2,1H3,(H,20,22). The van der Waals surface area contributed by atoms with E-state index >= 15 is 0 Å². The van der Waals surface area contributed by atoms with Crippen LogP contribution in [0.4, 0.5) is 0 Å². The number of morpholine rings is 1. The van der Waals surface area contributed by atoms with Crippen LogP contribution in [0.25, 0.3) is 0 Å². The van der Waals surface area contributed by atoms with Crippen LogP contribution in [0.1, 0.15) is 22.8 Å². The summed E-state index contributed by atoms with van der Waals surface area (Å²) < 4.78 is 32.2. The van der Waals surface area contributed by atoms with Gasteiger partial charge in [0.1, 0.15) is 0 Å². The third-order valence-corrected chi connectivity index (χ3v) is 6.01. The third-order valence-electron chi connectivity index (χ3n) is 4.13. The van der Waals surface area contributed by atoms with Crippen molar-refractivity contribution in [1.82, 2.24) is 14.6 Å². The molecule has 2 heterocycles. The molecule has 1 N–H and O–H groups in total. The van der Waals surface area contributed by atoms with E-state index in [1.54, 1.807) is 18.5 Å². The minimum absolute atomic E-state index is 0.129. The van der Waals surface area contributed by atoms with Crippen molar-refractivity contribution in [3.05, 3.63) is 59.9 Å². The topological polar surface area (TPSA) is 88.6 Å². The van der Waals surface area contributed by atoms with Crippen LogP contribution in [0.2, 0.25) is 0 Å². The van der Waals surface area contributed by atoms with Crippen LogP contribution < -0.4 is 5.32 Å². The molecule has 1 aromatic carbocycles. The number of sulfonamides is 1. The first kappa shape index (κ1) is 18.5. The second kappa shape index (κ2) is 7.94. The number of aromatic nitrogens is 1. The number of carbonyl (C=O) groups is 1. The van der Waals surface area contributed by atoms with Crippen LogP contribution >= 0.6 is 0 Å². The Hall–Kier alpha value is -2.29. The van der Waals surface area contributed by atoms with Crippen molar-refractivity contribution in [2.45, 2.75) is 24.5 Å². The van der Waals surface area contributed by atoms with E-state index in [4.69, 9.17) is 4.74 Å². The molecule has 0 radical (unpaired) electrons. The predicted molar refractivity (Wildman–Crippen MR) is 96.0 cm³/mol. The van der Waals surface area contributed by atoms with Gasteiger partial charge in [0.15, 0.2) is 0 Å². The SMILES string of the molecule is CC1CN(S(=O)(=O)c2ccc(C(=O)NCc3cccnc3)cc2)CCO1. The van der Waals surface area contributed by atoms with Crippen LogP contribution in [0.3, 0.4) is 0 Å². The zero-order chi connectivity index (χ0) is 18.6. The highest BCUT2D eigenvalue weighted by atomic mass is 32.2. The summed E-state index contributed by atoms with van der Waals surface area (Å²) in [5, 5.41) is 2.79. The van der Waals surface area contributed by atoms with Gasteiger partial charge in [0, 0.05) is 37.6 Å². The highest BCUT2D eigenvalue weighted by Gasteiger charge is 2.29. The van der Waals surface area contributed by atoms with Gasteiger partial charge in [-0.05, 0) is 42.8 Å². The molecule has 138 valence electrons. The number of ether oxygens (including phenoxy) is 1. The van der Waals surface area contributed by atoms with Crippen molar-refractivity contribution >= 4 is 15.9 Å². The number of pyridine rings is 1. The maximum Gasteiger partial charge on any atom is 0.251 e. The fourth-order valence-electron chi connectivity index (χ4n) is 2.72. The molecule has 1 aromatic heterocycles. The summed E-state index contributed by atoms with van der Waals surface area (Å²) in [6.45, 7) is 3.25. The molecule has 1 unspecified atom stereocenters. The molecule has 0 saturated carbocycles. The van der Waals surface area contributed by atoms with Crippen molar-refractivity contribution in [2.75, 3.05) is 19.7 Å². The number of rotatable bonds is 5. The summed E-state index contributed by atoms with van der Waals surface area (Å²) in [5.41, 5.74) is 1.30. The molecule has 2 aromatic rings. The monoisotopic (exact) mass is 375 g/mol. The molecule has 1 aliphatic rings. The minimum Gasteiger partial charge on any atom is -0.376 e. The average molecular weight is 375 g/mol. The quantitative estimate of drug-likeness (QED) is 0.854. The van der Waals surface area contributed by atoms with Crippen molar-refractivity contribution in [3.8, 4) is 0 Å². The van der Waals surface area contributed by atoms with Gasteiger partial charge in [-0.25, -0.2) is 8.42 Å². The summed E-state index contributed by atoms with van der Waals surface area (Å²) in [5.74, 6) is -0.266. The summed E-state index contributed by atoms with van der Waals surface area (Å²) in [6.07, 6.45) is 3.22. The number of benzene rings is 1. The Morgan fingerprint density at radius 1 is 1.31 bits per heavy atom. The first-order valence-corrected chi connectivity index (χ1v) is 9.80. The summed E-state index contributed by atoms with van der Waals surface area (Å²) in [7, 11) is -3.58. The first-order chi connectivity index (χ1) is 12.5. The molecule has 26 heavy (non-hydrogen) atoms. The largest absolute Gasteiger partial charge is 0.376 e. The third kappa shape index (κ3) is 4.27. The molecule has 1 aliphatic heterocycles. The fourth-order valence-corrected chi connectivity index (χ4v) is 4.22. The number of nitrogens with one attached hydrogen (secondary N) is 1. The normalized spacial score (nSPS) is 18.4. The molecule has 0 spiro atoms.